The van der Waals surface area contributed by atoms with Gasteiger partial charge in [0.25, 0.3) is 5.91 Å². The Kier molecular flexibility index (Phi) is 8.31. The first-order valence-corrected chi connectivity index (χ1v) is 13.2. The molecule has 190 valence electrons. The van der Waals surface area contributed by atoms with E-state index in [1.165, 1.54) is 10.4 Å². The molecule has 0 saturated carbocycles. The molecule has 36 heavy (non-hydrogen) atoms. The molecule has 1 atom stereocenters. The minimum Gasteiger partial charge on any atom is -0.497 e. The fourth-order valence-corrected chi connectivity index (χ4v) is 5.47. The molecule has 1 aromatic heterocycles. The number of ether oxygens (including phenoxy) is 2. The van der Waals surface area contributed by atoms with Crippen LogP contribution >= 0.6 is 11.3 Å². The SMILES string of the molecule is COc1cccc(C(=O)N(CC(=O)N2CCc3sccc3[C@H]2COc2ccc(C)cc2)CC(C)C)c1. The molecule has 0 spiro atoms. The fraction of sp³-hybridized carbons (Fsp3) is 0.379. The van der Waals surface area contributed by atoms with Crippen molar-refractivity contribution in [3.8, 4) is 11.5 Å². The molecule has 2 aromatic carbocycles. The van der Waals surface area contributed by atoms with Crippen molar-refractivity contribution in [3.05, 3.63) is 81.5 Å². The molecule has 4 rings (SSSR count). The molecule has 1 aliphatic heterocycles. The number of hydrogen-bond donors (Lipinski definition) is 0. The van der Waals surface area contributed by atoms with Gasteiger partial charge >= 0.3 is 0 Å². The molecule has 3 aromatic rings. The highest BCUT2D eigenvalue weighted by Gasteiger charge is 2.33. The number of hydrogen-bond acceptors (Lipinski definition) is 5. The van der Waals surface area contributed by atoms with Crippen LogP contribution in [0.5, 0.6) is 11.5 Å². The van der Waals surface area contributed by atoms with Gasteiger partial charge in [-0.15, -0.1) is 11.3 Å². The van der Waals surface area contributed by atoms with Crippen LogP contribution in [0.4, 0.5) is 0 Å². The van der Waals surface area contributed by atoms with Gasteiger partial charge in [0.05, 0.1) is 13.2 Å². The smallest absolute Gasteiger partial charge is 0.254 e. The van der Waals surface area contributed by atoms with Crippen LogP contribution in [0.15, 0.2) is 60.0 Å². The van der Waals surface area contributed by atoms with Crippen LogP contribution in [0.1, 0.15) is 46.3 Å². The number of benzene rings is 2. The summed E-state index contributed by atoms with van der Waals surface area (Å²) < 4.78 is 11.4. The van der Waals surface area contributed by atoms with Gasteiger partial charge in [-0.05, 0) is 66.6 Å². The van der Waals surface area contributed by atoms with Gasteiger partial charge in [0.1, 0.15) is 24.7 Å². The van der Waals surface area contributed by atoms with Gasteiger partial charge < -0.3 is 19.3 Å². The molecule has 0 unspecified atom stereocenters. The minimum atomic E-state index is -0.193. The van der Waals surface area contributed by atoms with Crippen LogP contribution in [0.2, 0.25) is 0 Å². The van der Waals surface area contributed by atoms with Crippen LogP contribution in [0.3, 0.4) is 0 Å². The monoisotopic (exact) mass is 506 g/mol. The van der Waals surface area contributed by atoms with E-state index in [2.05, 4.69) is 11.4 Å². The highest BCUT2D eigenvalue weighted by Crippen LogP contribution is 2.34. The second-order valence-corrected chi connectivity index (χ2v) is 10.6. The van der Waals surface area contributed by atoms with Crippen molar-refractivity contribution in [2.75, 3.05) is 33.4 Å². The maximum Gasteiger partial charge on any atom is 0.254 e. The van der Waals surface area contributed by atoms with Crippen LogP contribution in [0, 0.1) is 12.8 Å². The number of methoxy groups -OCH3 is 1. The standard InChI is InChI=1S/C29H34N2O4S/c1-20(2)17-30(29(33)22-6-5-7-24(16-22)34-4)18-28(32)31-14-12-27-25(13-15-36-27)26(31)19-35-23-10-8-21(3)9-11-23/h5-11,13,15-16,20,26H,12,14,17-19H2,1-4H3/t26-/m1/s1. The van der Waals surface area contributed by atoms with Crippen LogP contribution in [0.25, 0.3) is 0 Å². The largest absolute Gasteiger partial charge is 0.497 e. The van der Waals surface area contributed by atoms with Crippen molar-refractivity contribution in [1.29, 1.82) is 0 Å². The summed E-state index contributed by atoms with van der Waals surface area (Å²) >= 11 is 1.72. The lowest BCUT2D eigenvalue weighted by molar-refractivity contribution is -0.135. The lowest BCUT2D eigenvalue weighted by Gasteiger charge is -2.37. The molecule has 0 saturated heterocycles. The van der Waals surface area contributed by atoms with E-state index in [9.17, 15) is 9.59 Å². The van der Waals surface area contributed by atoms with E-state index in [4.69, 9.17) is 9.47 Å². The first kappa shape index (κ1) is 25.8. The van der Waals surface area contributed by atoms with Crippen molar-refractivity contribution in [2.24, 2.45) is 5.92 Å². The summed E-state index contributed by atoms with van der Waals surface area (Å²) in [5.74, 6) is 1.38. The molecule has 1 aliphatic rings. The number of carbonyl (C=O) groups is 2. The topological polar surface area (TPSA) is 59.1 Å². The summed E-state index contributed by atoms with van der Waals surface area (Å²) in [6.45, 7) is 7.63. The lowest BCUT2D eigenvalue weighted by atomic mass is 10.00. The molecule has 0 aliphatic carbocycles. The third-order valence-corrected chi connectivity index (χ3v) is 7.36. The summed E-state index contributed by atoms with van der Waals surface area (Å²) in [5.41, 5.74) is 2.82. The molecule has 0 fully saturated rings. The molecular weight excluding hydrogens is 472 g/mol. The van der Waals surface area contributed by atoms with Crippen molar-refractivity contribution in [2.45, 2.75) is 33.2 Å². The Balaban J connectivity index is 1.53. The highest BCUT2D eigenvalue weighted by atomic mass is 32.1. The van der Waals surface area contributed by atoms with Gasteiger partial charge in [0.2, 0.25) is 5.91 Å². The van der Waals surface area contributed by atoms with E-state index >= 15 is 0 Å². The summed E-state index contributed by atoms with van der Waals surface area (Å²) in [6.07, 6.45) is 0.813. The predicted octanol–water partition coefficient (Wildman–Crippen LogP) is 5.37. The van der Waals surface area contributed by atoms with Crippen LogP contribution < -0.4 is 9.47 Å². The molecule has 6 nitrogen and oxygen atoms in total. The zero-order valence-electron chi connectivity index (χ0n) is 21.4. The quantitative estimate of drug-likeness (QED) is 0.392. The van der Waals surface area contributed by atoms with Gasteiger partial charge in [-0.25, -0.2) is 0 Å². The fourth-order valence-electron chi connectivity index (χ4n) is 4.54. The first-order chi connectivity index (χ1) is 17.4. The number of rotatable bonds is 9. The molecular formula is C29H34N2O4S. The molecule has 2 heterocycles. The first-order valence-electron chi connectivity index (χ1n) is 12.3. The second-order valence-electron chi connectivity index (χ2n) is 9.59. The van der Waals surface area contributed by atoms with Gasteiger partial charge in [-0.1, -0.05) is 37.6 Å². The lowest BCUT2D eigenvalue weighted by Crippen LogP contribution is -2.48. The van der Waals surface area contributed by atoms with Crippen molar-refractivity contribution in [1.82, 2.24) is 9.80 Å². The Morgan fingerprint density at radius 2 is 1.89 bits per heavy atom. The summed E-state index contributed by atoms with van der Waals surface area (Å²) in [5, 5.41) is 2.08. The van der Waals surface area contributed by atoms with Crippen LogP contribution in [-0.4, -0.2) is 55.0 Å². The molecule has 0 N–H and O–H groups in total. The highest BCUT2D eigenvalue weighted by molar-refractivity contribution is 7.10. The van der Waals surface area contributed by atoms with Gasteiger partial charge in [0.15, 0.2) is 0 Å². The van der Waals surface area contributed by atoms with E-state index in [0.29, 0.717) is 31.0 Å². The van der Waals surface area contributed by atoms with E-state index in [-0.39, 0.29) is 30.3 Å². The zero-order valence-corrected chi connectivity index (χ0v) is 22.2. The number of aryl methyl sites for hydroxylation is 1. The Morgan fingerprint density at radius 3 is 2.61 bits per heavy atom. The number of fused-ring (bicyclic) bond motifs is 1. The van der Waals surface area contributed by atoms with Gasteiger partial charge in [-0.3, -0.25) is 9.59 Å². The van der Waals surface area contributed by atoms with E-state index in [1.807, 2.05) is 49.9 Å². The average Bonchev–Trinajstić information content (AvgIpc) is 3.36. The molecule has 7 heteroatoms. The average molecular weight is 507 g/mol. The third kappa shape index (κ3) is 6.08. The third-order valence-electron chi connectivity index (χ3n) is 6.36. The van der Waals surface area contributed by atoms with Crippen molar-refractivity contribution >= 4 is 23.2 Å². The number of carbonyl (C=O) groups excluding carboxylic acids is 2. The van der Waals surface area contributed by atoms with Gasteiger partial charge in [0, 0.05) is 23.5 Å². The number of amides is 2. The number of thiophene rings is 1. The van der Waals surface area contributed by atoms with Crippen molar-refractivity contribution in [3.63, 3.8) is 0 Å². The molecule has 0 radical (unpaired) electrons. The summed E-state index contributed by atoms with van der Waals surface area (Å²) in [7, 11) is 1.58. The Hall–Kier alpha value is -3.32. The predicted molar refractivity (Wildman–Crippen MR) is 143 cm³/mol. The minimum absolute atomic E-state index is 0.0225. The van der Waals surface area contributed by atoms with Crippen molar-refractivity contribution < 1.29 is 19.1 Å². The molecule has 0 bridgehead atoms. The Morgan fingerprint density at radius 1 is 1.11 bits per heavy atom. The van der Waals surface area contributed by atoms with E-state index in [1.54, 1.807) is 47.6 Å². The van der Waals surface area contributed by atoms with Crippen LogP contribution in [-0.2, 0) is 11.2 Å². The zero-order chi connectivity index (χ0) is 25.7. The van der Waals surface area contributed by atoms with E-state index in [0.717, 1.165) is 17.7 Å². The van der Waals surface area contributed by atoms with Gasteiger partial charge in [-0.2, -0.15) is 0 Å². The number of nitrogens with zero attached hydrogens (tertiary/aromatic N) is 2. The van der Waals surface area contributed by atoms with E-state index < -0.39 is 0 Å². The Bertz CT molecular complexity index is 1190. The maximum atomic E-state index is 13.7. The molecule has 2 amide bonds. The maximum absolute atomic E-state index is 13.7. The second kappa shape index (κ2) is 11.6. The summed E-state index contributed by atoms with van der Waals surface area (Å²) in [6, 6.07) is 16.9. The summed E-state index contributed by atoms with van der Waals surface area (Å²) in [4.78, 5) is 32.0. The Labute approximate surface area is 217 Å². The normalized spacial score (nSPS) is 14.9.